The Kier molecular flexibility index (Phi) is 6.21. The van der Waals surface area contributed by atoms with Gasteiger partial charge in [-0.25, -0.2) is 9.37 Å². The van der Waals surface area contributed by atoms with Crippen LogP contribution in [0.5, 0.6) is 0 Å². The number of hydrogen-bond donors (Lipinski definition) is 2. The quantitative estimate of drug-likeness (QED) is 0.783. The van der Waals surface area contributed by atoms with E-state index >= 15 is 0 Å². The highest BCUT2D eigenvalue weighted by Crippen LogP contribution is 2.14. The summed E-state index contributed by atoms with van der Waals surface area (Å²) in [5, 5.41) is 5.54. The van der Waals surface area contributed by atoms with Gasteiger partial charge in [-0.1, -0.05) is 6.92 Å². The molecule has 0 saturated heterocycles. The van der Waals surface area contributed by atoms with E-state index in [2.05, 4.69) is 15.6 Å². The number of carbonyl (C=O) groups is 1. The van der Waals surface area contributed by atoms with E-state index in [0.29, 0.717) is 19.6 Å². The van der Waals surface area contributed by atoms with Crippen molar-refractivity contribution in [2.24, 2.45) is 0 Å². The molecule has 1 amide bonds. The number of nitrogens with one attached hydrogen (secondary N) is 2. The minimum absolute atomic E-state index is 0.0207. The molecule has 0 aliphatic rings. The summed E-state index contributed by atoms with van der Waals surface area (Å²) in [5.41, 5.74) is 0.0207. The van der Waals surface area contributed by atoms with Crippen LogP contribution in [0.25, 0.3) is 0 Å². The van der Waals surface area contributed by atoms with Crippen molar-refractivity contribution in [3.8, 4) is 0 Å². The molecule has 0 aliphatic heterocycles. The molecule has 1 aromatic heterocycles. The number of aromatic nitrogens is 1. The van der Waals surface area contributed by atoms with Crippen LogP contribution in [-0.4, -0.2) is 49.5 Å². The molecule has 0 aliphatic carbocycles. The van der Waals surface area contributed by atoms with E-state index in [1.807, 2.05) is 25.9 Å². The molecule has 106 valence electrons. The van der Waals surface area contributed by atoms with Crippen molar-refractivity contribution >= 4 is 11.7 Å². The van der Waals surface area contributed by atoms with Crippen molar-refractivity contribution < 1.29 is 9.18 Å². The molecule has 19 heavy (non-hydrogen) atoms. The molecule has 0 spiro atoms. The Labute approximate surface area is 113 Å². The third-order valence-corrected chi connectivity index (χ3v) is 2.52. The second-order valence-electron chi connectivity index (χ2n) is 4.51. The summed E-state index contributed by atoms with van der Waals surface area (Å²) in [6.07, 6.45) is 2.29. The van der Waals surface area contributed by atoms with Crippen molar-refractivity contribution in [1.29, 1.82) is 0 Å². The zero-order valence-corrected chi connectivity index (χ0v) is 11.7. The molecule has 0 atom stereocenters. The van der Waals surface area contributed by atoms with Gasteiger partial charge in [0.1, 0.15) is 0 Å². The highest BCUT2D eigenvalue weighted by atomic mass is 19.1. The summed E-state index contributed by atoms with van der Waals surface area (Å²) in [4.78, 5) is 17.7. The summed E-state index contributed by atoms with van der Waals surface area (Å²) >= 11 is 0. The molecular formula is C13H21FN4O. The van der Waals surface area contributed by atoms with Gasteiger partial charge < -0.3 is 15.5 Å². The Balaban J connectivity index is 2.68. The average Bonchev–Trinajstić information content (AvgIpc) is 2.37. The highest BCUT2D eigenvalue weighted by molar-refractivity contribution is 5.95. The minimum atomic E-state index is -0.599. The normalized spacial score (nSPS) is 10.6. The van der Waals surface area contributed by atoms with Gasteiger partial charge >= 0.3 is 0 Å². The number of halogens is 1. The number of anilines is 1. The Hall–Kier alpha value is -1.69. The van der Waals surface area contributed by atoms with Gasteiger partial charge in [0.2, 0.25) is 0 Å². The lowest BCUT2D eigenvalue weighted by Gasteiger charge is -2.12. The Morgan fingerprint density at radius 3 is 2.79 bits per heavy atom. The van der Waals surface area contributed by atoms with Crippen LogP contribution in [0.4, 0.5) is 10.2 Å². The maximum atomic E-state index is 14.0. The van der Waals surface area contributed by atoms with Gasteiger partial charge in [0, 0.05) is 25.8 Å². The monoisotopic (exact) mass is 268 g/mol. The van der Waals surface area contributed by atoms with Crippen LogP contribution < -0.4 is 10.6 Å². The van der Waals surface area contributed by atoms with Crippen LogP contribution in [0.2, 0.25) is 0 Å². The van der Waals surface area contributed by atoms with Crippen LogP contribution in [0.15, 0.2) is 12.3 Å². The SMILES string of the molecule is CCCNc1nccc(C(=O)NCCN(C)C)c1F. The molecule has 0 unspecified atom stereocenters. The molecule has 1 rings (SSSR count). The first-order valence-electron chi connectivity index (χ1n) is 6.37. The second kappa shape index (κ2) is 7.68. The lowest BCUT2D eigenvalue weighted by molar-refractivity contribution is 0.0947. The van der Waals surface area contributed by atoms with Crippen molar-refractivity contribution in [2.45, 2.75) is 13.3 Å². The van der Waals surface area contributed by atoms with E-state index in [1.165, 1.54) is 12.3 Å². The molecule has 0 radical (unpaired) electrons. The van der Waals surface area contributed by atoms with E-state index in [0.717, 1.165) is 6.42 Å². The minimum Gasteiger partial charge on any atom is -0.368 e. The first-order chi connectivity index (χ1) is 9.06. The first-order valence-corrected chi connectivity index (χ1v) is 6.37. The average molecular weight is 268 g/mol. The fourth-order valence-corrected chi connectivity index (χ4v) is 1.47. The largest absolute Gasteiger partial charge is 0.368 e. The summed E-state index contributed by atoms with van der Waals surface area (Å²) in [6, 6.07) is 1.39. The Morgan fingerprint density at radius 1 is 1.42 bits per heavy atom. The molecule has 2 N–H and O–H groups in total. The third kappa shape index (κ3) is 4.82. The van der Waals surface area contributed by atoms with Gasteiger partial charge in [0.25, 0.3) is 5.91 Å². The molecule has 1 heterocycles. The molecule has 0 fully saturated rings. The highest BCUT2D eigenvalue weighted by Gasteiger charge is 2.15. The van der Waals surface area contributed by atoms with E-state index < -0.39 is 11.7 Å². The number of likely N-dealkylation sites (N-methyl/N-ethyl adjacent to an activating group) is 1. The maximum Gasteiger partial charge on any atom is 0.254 e. The number of rotatable bonds is 7. The first kappa shape index (κ1) is 15.4. The van der Waals surface area contributed by atoms with Crippen LogP contribution >= 0.6 is 0 Å². The van der Waals surface area contributed by atoms with Gasteiger partial charge in [-0.05, 0) is 26.6 Å². The standard InChI is InChI=1S/C13H21FN4O/c1-4-6-15-12-11(14)10(5-7-16-12)13(19)17-8-9-18(2)3/h5,7H,4,6,8-9H2,1-3H3,(H,15,16)(H,17,19). The number of carbonyl (C=O) groups excluding carboxylic acids is 1. The lowest BCUT2D eigenvalue weighted by atomic mass is 10.2. The molecule has 0 aromatic carbocycles. The second-order valence-corrected chi connectivity index (χ2v) is 4.51. The molecule has 0 bridgehead atoms. The topological polar surface area (TPSA) is 57.3 Å². The van der Waals surface area contributed by atoms with Crippen molar-refractivity contribution in [2.75, 3.05) is 39.0 Å². The van der Waals surface area contributed by atoms with E-state index in [1.54, 1.807) is 0 Å². The van der Waals surface area contributed by atoms with Crippen LogP contribution in [-0.2, 0) is 0 Å². The number of nitrogens with zero attached hydrogens (tertiary/aromatic N) is 2. The fourth-order valence-electron chi connectivity index (χ4n) is 1.47. The van der Waals surface area contributed by atoms with E-state index in [4.69, 9.17) is 0 Å². The number of hydrogen-bond acceptors (Lipinski definition) is 4. The summed E-state index contributed by atoms with van der Waals surface area (Å²) in [5.74, 6) is -0.887. The molecule has 1 aromatic rings. The number of amides is 1. The van der Waals surface area contributed by atoms with Gasteiger partial charge in [0.15, 0.2) is 11.6 Å². The van der Waals surface area contributed by atoms with Gasteiger partial charge in [-0.2, -0.15) is 0 Å². The van der Waals surface area contributed by atoms with E-state index in [-0.39, 0.29) is 11.4 Å². The van der Waals surface area contributed by atoms with Crippen LogP contribution in [0.3, 0.4) is 0 Å². The van der Waals surface area contributed by atoms with Crippen LogP contribution in [0.1, 0.15) is 23.7 Å². The fraction of sp³-hybridized carbons (Fsp3) is 0.538. The van der Waals surface area contributed by atoms with Gasteiger partial charge in [-0.15, -0.1) is 0 Å². The maximum absolute atomic E-state index is 14.0. The smallest absolute Gasteiger partial charge is 0.254 e. The third-order valence-electron chi connectivity index (χ3n) is 2.52. The zero-order valence-electron chi connectivity index (χ0n) is 11.7. The summed E-state index contributed by atoms with van der Waals surface area (Å²) in [6.45, 7) is 3.78. The Bertz CT molecular complexity index is 423. The van der Waals surface area contributed by atoms with E-state index in [9.17, 15) is 9.18 Å². The Morgan fingerprint density at radius 2 is 2.16 bits per heavy atom. The lowest BCUT2D eigenvalue weighted by Crippen LogP contribution is -2.32. The zero-order chi connectivity index (χ0) is 14.3. The van der Waals surface area contributed by atoms with Crippen molar-refractivity contribution in [1.82, 2.24) is 15.2 Å². The van der Waals surface area contributed by atoms with Crippen LogP contribution in [0, 0.1) is 5.82 Å². The molecule has 5 nitrogen and oxygen atoms in total. The van der Waals surface area contributed by atoms with Gasteiger partial charge in [-0.3, -0.25) is 4.79 Å². The molecule has 6 heteroatoms. The van der Waals surface area contributed by atoms with Gasteiger partial charge in [0.05, 0.1) is 5.56 Å². The molecule has 0 saturated carbocycles. The molecular weight excluding hydrogens is 247 g/mol. The predicted molar refractivity (Wildman–Crippen MR) is 73.9 cm³/mol. The predicted octanol–water partition coefficient (Wildman–Crippen LogP) is 1.33. The van der Waals surface area contributed by atoms with Crippen molar-refractivity contribution in [3.63, 3.8) is 0 Å². The number of pyridine rings is 1. The van der Waals surface area contributed by atoms with Crippen molar-refractivity contribution in [3.05, 3.63) is 23.6 Å². The summed E-state index contributed by atoms with van der Waals surface area (Å²) < 4.78 is 14.0. The summed E-state index contributed by atoms with van der Waals surface area (Å²) in [7, 11) is 3.82.